The maximum atomic E-state index is 12.5. The van der Waals surface area contributed by atoms with E-state index in [0.717, 1.165) is 16.9 Å². The van der Waals surface area contributed by atoms with Gasteiger partial charge in [-0.05, 0) is 63.3 Å². The van der Waals surface area contributed by atoms with Gasteiger partial charge >= 0.3 is 0 Å². The second-order valence-corrected chi connectivity index (χ2v) is 7.10. The molecule has 5 nitrogen and oxygen atoms in total. The maximum absolute atomic E-state index is 12.5. The van der Waals surface area contributed by atoms with Crippen molar-refractivity contribution in [1.29, 1.82) is 0 Å². The van der Waals surface area contributed by atoms with Gasteiger partial charge in [0.25, 0.3) is 5.91 Å². The Morgan fingerprint density at radius 3 is 2.44 bits per heavy atom. The first-order chi connectivity index (χ1) is 12.8. The fraction of sp³-hybridized carbons (Fsp3) is 0.381. The molecule has 0 bridgehead atoms. The Morgan fingerprint density at radius 1 is 1.19 bits per heavy atom. The summed E-state index contributed by atoms with van der Waals surface area (Å²) >= 11 is 6.15. The predicted molar refractivity (Wildman–Crippen MR) is 109 cm³/mol. The molecule has 6 heteroatoms. The van der Waals surface area contributed by atoms with Gasteiger partial charge in [-0.15, -0.1) is 0 Å². The van der Waals surface area contributed by atoms with Crippen LogP contribution >= 0.6 is 11.6 Å². The number of ether oxygens (including phenoxy) is 2. The molecule has 0 aromatic heterocycles. The number of aryl methyl sites for hydroxylation is 1. The Bertz CT molecular complexity index is 763. The molecule has 0 saturated heterocycles. The first-order valence-electron chi connectivity index (χ1n) is 8.82. The number of methoxy groups -OCH3 is 1. The number of hydrogen-bond donors (Lipinski definition) is 1. The lowest BCUT2D eigenvalue weighted by molar-refractivity contribution is -0.127. The fourth-order valence-corrected chi connectivity index (χ4v) is 2.87. The number of hydrogen-bond acceptors (Lipinski definition) is 4. The largest absolute Gasteiger partial charge is 0.497 e. The van der Waals surface area contributed by atoms with Crippen LogP contribution in [0.5, 0.6) is 11.5 Å². The van der Waals surface area contributed by atoms with E-state index in [9.17, 15) is 4.79 Å². The average Bonchev–Trinajstić information content (AvgIpc) is 2.64. The van der Waals surface area contributed by atoms with E-state index in [-0.39, 0.29) is 11.9 Å². The van der Waals surface area contributed by atoms with Gasteiger partial charge in [0.15, 0.2) is 6.10 Å². The van der Waals surface area contributed by atoms with Crippen molar-refractivity contribution >= 4 is 17.5 Å². The molecule has 2 rings (SSSR count). The lowest BCUT2D eigenvalue weighted by Crippen LogP contribution is -2.41. The molecule has 1 N–H and O–H groups in total. The quantitative estimate of drug-likeness (QED) is 0.744. The zero-order chi connectivity index (χ0) is 20.0. The van der Waals surface area contributed by atoms with E-state index >= 15 is 0 Å². The smallest absolute Gasteiger partial charge is 0.260 e. The first-order valence-corrected chi connectivity index (χ1v) is 9.20. The molecule has 2 atom stereocenters. The lowest BCUT2D eigenvalue weighted by atomic mass is 10.1. The zero-order valence-corrected chi connectivity index (χ0v) is 17.2. The number of benzene rings is 2. The molecule has 0 heterocycles. The van der Waals surface area contributed by atoms with Gasteiger partial charge in [0.2, 0.25) is 0 Å². The van der Waals surface area contributed by atoms with E-state index in [1.54, 1.807) is 20.1 Å². The van der Waals surface area contributed by atoms with Gasteiger partial charge in [-0.25, -0.2) is 0 Å². The molecule has 146 valence electrons. The molecule has 0 aliphatic heterocycles. The molecule has 0 fully saturated rings. The van der Waals surface area contributed by atoms with Crippen LogP contribution in [0.4, 0.5) is 0 Å². The number of halogens is 1. The average molecular weight is 391 g/mol. The topological polar surface area (TPSA) is 50.8 Å². The van der Waals surface area contributed by atoms with Crippen LogP contribution < -0.4 is 14.8 Å². The van der Waals surface area contributed by atoms with Crippen molar-refractivity contribution < 1.29 is 14.3 Å². The van der Waals surface area contributed by atoms with E-state index in [1.165, 1.54) is 0 Å². The standard InChI is InChI=1S/C21H27ClN2O3/c1-14-6-11-18(22)20(12-14)27-15(2)21(25)23-13-19(24(3)4)16-7-9-17(26-5)10-8-16/h6-12,15,19H,13H2,1-5H3,(H,23,25). The van der Waals surface area contributed by atoms with Crippen molar-refractivity contribution in [2.45, 2.75) is 26.0 Å². The van der Waals surface area contributed by atoms with E-state index in [1.807, 2.05) is 57.4 Å². The van der Waals surface area contributed by atoms with Crippen LogP contribution in [0.25, 0.3) is 0 Å². The molecule has 2 aromatic rings. The van der Waals surface area contributed by atoms with Crippen molar-refractivity contribution in [3.05, 3.63) is 58.6 Å². The zero-order valence-electron chi connectivity index (χ0n) is 16.5. The maximum Gasteiger partial charge on any atom is 0.260 e. The number of carbonyl (C=O) groups is 1. The van der Waals surface area contributed by atoms with Gasteiger partial charge in [-0.1, -0.05) is 29.8 Å². The van der Waals surface area contributed by atoms with Gasteiger partial charge < -0.3 is 19.7 Å². The second kappa shape index (κ2) is 9.62. The van der Waals surface area contributed by atoms with Crippen molar-refractivity contribution in [1.82, 2.24) is 10.2 Å². The number of likely N-dealkylation sites (N-methyl/N-ethyl adjacent to an activating group) is 1. The highest BCUT2D eigenvalue weighted by Crippen LogP contribution is 2.26. The normalized spacial score (nSPS) is 13.1. The minimum absolute atomic E-state index is 0.0367. The number of amides is 1. The molecule has 0 radical (unpaired) electrons. The van der Waals surface area contributed by atoms with E-state index in [0.29, 0.717) is 17.3 Å². The first kappa shape index (κ1) is 21.1. The van der Waals surface area contributed by atoms with Gasteiger partial charge in [-0.3, -0.25) is 4.79 Å². The highest BCUT2D eigenvalue weighted by molar-refractivity contribution is 6.32. The van der Waals surface area contributed by atoms with E-state index < -0.39 is 6.10 Å². The monoisotopic (exact) mass is 390 g/mol. The van der Waals surface area contributed by atoms with Gasteiger partial charge in [0.1, 0.15) is 11.5 Å². The molecule has 1 amide bonds. The third-order valence-corrected chi connectivity index (χ3v) is 4.67. The molecule has 0 saturated carbocycles. The van der Waals surface area contributed by atoms with E-state index in [2.05, 4.69) is 10.2 Å². The predicted octanol–water partition coefficient (Wildman–Crippen LogP) is 3.84. The highest BCUT2D eigenvalue weighted by atomic mass is 35.5. The highest BCUT2D eigenvalue weighted by Gasteiger charge is 2.20. The van der Waals surface area contributed by atoms with Gasteiger partial charge in [-0.2, -0.15) is 0 Å². The van der Waals surface area contributed by atoms with Crippen LogP contribution in [-0.4, -0.2) is 44.7 Å². The Kier molecular flexibility index (Phi) is 7.51. The summed E-state index contributed by atoms with van der Waals surface area (Å²) in [6.07, 6.45) is -0.650. The van der Waals surface area contributed by atoms with Crippen LogP contribution in [0.2, 0.25) is 5.02 Å². The minimum Gasteiger partial charge on any atom is -0.497 e. The molecular weight excluding hydrogens is 364 g/mol. The van der Waals surface area contributed by atoms with E-state index in [4.69, 9.17) is 21.1 Å². The lowest BCUT2D eigenvalue weighted by Gasteiger charge is -2.26. The summed E-state index contributed by atoms with van der Waals surface area (Å²) in [6.45, 7) is 4.13. The summed E-state index contributed by atoms with van der Waals surface area (Å²) in [7, 11) is 5.60. The Hall–Kier alpha value is -2.24. The Morgan fingerprint density at radius 2 is 1.85 bits per heavy atom. The molecule has 2 unspecified atom stereocenters. The summed E-state index contributed by atoms with van der Waals surface area (Å²) in [6, 6.07) is 13.4. The number of carbonyl (C=O) groups excluding carboxylic acids is 1. The summed E-state index contributed by atoms with van der Waals surface area (Å²) in [5, 5.41) is 3.46. The Balaban J connectivity index is 1.99. The summed E-state index contributed by atoms with van der Waals surface area (Å²) < 4.78 is 10.9. The third-order valence-electron chi connectivity index (χ3n) is 4.35. The van der Waals surface area contributed by atoms with Crippen LogP contribution in [-0.2, 0) is 4.79 Å². The summed E-state index contributed by atoms with van der Waals surface area (Å²) in [4.78, 5) is 14.5. The number of rotatable bonds is 8. The van der Waals surface area contributed by atoms with Gasteiger partial charge in [0, 0.05) is 6.54 Å². The molecular formula is C21H27ClN2O3. The van der Waals surface area contributed by atoms with Crippen LogP contribution in [0.3, 0.4) is 0 Å². The fourth-order valence-electron chi connectivity index (χ4n) is 2.71. The molecule has 0 aliphatic rings. The van der Waals surface area contributed by atoms with Crippen LogP contribution in [0.1, 0.15) is 24.1 Å². The molecule has 0 aliphatic carbocycles. The minimum atomic E-state index is -0.650. The molecule has 2 aromatic carbocycles. The third kappa shape index (κ3) is 5.88. The van der Waals surface area contributed by atoms with Crippen molar-refractivity contribution in [2.24, 2.45) is 0 Å². The SMILES string of the molecule is COc1ccc(C(CNC(=O)C(C)Oc2cc(C)ccc2Cl)N(C)C)cc1. The summed E-state index contributed by atoms with van der Waals surface area (Å²) in [5.74, 6) is 1.13. The van der Waals surface area contributed by atoms with Crippen LogP contribution in [0.15, 0.2) is 42.5 Å². The second-order valence-electron chi connectivity index (χ2n) is 6.69. The van der Waals surface area contributed by atoms with Gasteiger partial charge in [0.05, 0.1) is 18.2 Å². The summed E-state index contributed by atoms with van der Waals surface area (Å²) in [5.41, 5.74) is 2.12. The van der Waals surface area contributed by atoms with Crippen LogP contribution in [0, 0.1) is 6.92 Å². The van der Waals surface area contributed by atoms with Crippen molar-refractivity contribution in [2.75, 3.05) is 27.7 Å². The number of nitrogens with zero attached hydrogens (tertiary/aromatic N) is 1. The van der Waals surface area contributed by atoms with Crippen molar-refractivity contribution in [3.8, 4) is 11.5 Å². The molecule has 27 heavy (non-hydrogen) atoms. The molecule has 0 spiro atoms. The Labute approximate surface area is 166 Å². The van der Waals surface area contributed by atoms with Crippen molar-refractivity contribution in [3.63, 3.8) is 0 Å². The number of nitrogens with one attached hydrogen (secondary N) is 1.